The molecule has 0 radical (unpaired) electrons. The van der Waals surface area contributed by atoms with Gasteiger partial charge in [0, 0.05) is 14.7 Å². The Morgan fingerprint density at radius 3 is 1.79 bits per heavy atom. The summed E-state index contributed by atoms with van der Waals surface area (Å²) >= 11 is 13.3. The molecule has 3 aliphatic rings. The largest absolute Gasteiger partial charge is 0.457 e. The third-order valence-electron chi connectivity index (χ3n) is 6.13. The number of nitrogens with zero attached hydrogens (tertiary/aromatic N) is 1. The van der Waals surface area contributed by atoms with Crippen LogP contribution in [0.2, 0.25) is 5.02 Å². The average Bonchev–Trinajstić information content (AvgIpc) is 3.29. The highest BCUT2D eigenvalue weighted by atomic mass is 79.9. The van der Waals surface area contributed by atoms with Gasteiger partial charge < -0.3 is 4.74 Å². The van der Waals surface area contributed by atoms with Crippen LogP contribution in [0.3, 0.4) is 0 Å². The van der Waals surface area contributed by atoms with Crippen molar-refractivity contribution in [2.24, 2.45) is 23.7 Å². The first-order valence-electron chi connectivity index (χ1n) is 9.15. The number of benzene rings is 2. The van der Waals surface area contributed by atoms with Crippen molar-refractivity contribution in [2.45, 2.75) is 16.1 Å². The van der Waals surface area contributed by atoms with Gasteiger partial charge in [0.15, 0.2) is 0 Å². The Kier molecular flexibility index (Phi) is 4.56. The fourth-order valence-electron chi connectivity index (χ4n) is 4.91. The number of rotatable bonds is 3. The molecule has 2 aromatic carbocycles. The Labute approximate surface area is 184 Å². The van der Waals surface area contributed by atoms with Gasteiger partial charge in [-0.3, -0.25) is 14.5 Å². The summed E-state index contributed by atoms with van der Waals surface area (Å²) in [6.07, 6.45) is 0.931. The van der Waals surface area contributed by atoms with E-state index >= 15 is 0 Å². The molecule has 1 heterocycles. The monoisotopic (exact) mass is 523 g/mol. The van der Waals surface area contributed by atoms with E-state index in [2.05, 4.69) is 31.9 Å². The first-order chi connectivity index (χ1) is 13.5. The minimum absolute atomic E-state index is 0.0716. The second-order valence-electron chi connectivity index (χ2n) is 7.57. The van der Waals surface area contributed by atoms with Crippen molar-refractivity contribution in [3.63, 3.8) is 0 Å². The normalized spacial score (nSPS) is 33.5. The van der Waals surface area contributed by atoms with E-state index in [-0.39, 0.29) is 45.1 Å². The molecule has 2 aliphatic carbocycles. The molecule has 5 rings (SSSR count). The second-order valence-corrected chi connectivity index (χ2v) is 10.1. The lowest BCUT2D eigenvalue weighted by Gasteiger charge is -2.28. The van der Waals surface area contributed by atoms with Crippen LogP contribution in [0.1, 0.15) is 6.42 Å². The highest BCUT2D eigenvalue weighted by molar-refractivity contribution is 9.12. The fraction of sp³-hybridized carbons (Fsp3) is 0.333. The molecule has 0 N–H and O–H groups in total. The van der Waals surface area contributed by atoms with Gasteiger partial charge in [0.2, 0.25) is 11.8 Å². The van der Waals surface area contributed by atoms with Crippen molar-refractivity contribution < 1.29 is 14.3 Å². The minimum atomic E-state index is -0.208. The Morgan fingerprint density at radius 1 is 0.821 bits per heavy atom. The zero-order valence-corrected chi connectivity index (χ0v) is 18.5. The SMILES string of the molecule is O=C1[C@@H]2[C@H]3C[C@@H]([C@H](Br)[C@H]3Br)[C@H]2C(=O)N1c1ccc(Oc2ccc(Cl)cc2)cc1. The molecule has 2 saturated carbocycles. The first kappa shape index (κ1) is 18.6. The van der Waals surface area contributed by atoms with Gasteiger partial charge in [-0.05, 0) is 66.8 Å². The van der Waals surface area contributed by atoms with Crippen LogP contribution in [-0.2, 0) is 9.59 Å². The zero-order valence-electron chi connectivity index (χ0n) is 14.6. The van der Waals surface area contributed by atoms with Gasteiger partial charge in [-0.2, -0.15) is 0 Å². The number of alkyl halides is 2. The number of fused-ring (bicyclic) bond motifs is 5. The van der Waals surface area contributed by atoms with Gasteiger partial charge in [0.05, 0.1) is 17.5 Å². The van der Waals surface area contributed by atoms with Crippen LogP contribution in [0.25, 0.3) is 0 Å². The van der Waals surface area contributed by atoms with Crippen LogP contribution in [0.5, 0.6) is 11.5 Å². The summed E-state index contributed by atoms with van der Waals surface area (Å²) in [5.74, 6) is 1.17. The molecule has 2 aromatic rings. The summed E-state index contributed by atoms with van der Waals surface area (Å²) in [5.41, 5.74) is 0.601. The topological polar surface area (TPSA) is 46.6 Å². The van der Waals surface area contributed by atoms with Crippen LogP contribution in [0.4, 0.5) is 5.69 Å². The van der Waals surface area contributed by atoms with Gasteiger partial charge in [0.25, 0.3) is 0 Å². The molecule has 3 fully saturated rings. The highest BCUT2D eigenvalue weighted by Gasteiger charge is 2.66. The van der Waals surface area contributed by atoms with Crippen molar-refractivity contribution >= 4 is 61.0 Å². The minimum Gasteiger partial charge on any atom is -0.457 e. The first-order valence-corrected chi connectivity index (χ1v) is 11.4. The number of hydrogen-bond acceptors (Lipinski definition) is 3. The van der Waals surface area contributed by atoms with E-state index in [1.807, 2.05) is 0 Å². The van der Waals surface area contributed by atoms with E-state index in [1.165, 1.54) is 4.90 Å². The van der Waals surface area contributed by atoms with Crippen LogP contribution < -0.4 is 9.64 Å². The summed E-state index contributed by atoms with van der Waals surface area (Å²) in [6, 6.07) is 14.2. The molecule has 2 amide bonds. The van der Waals surface area contributed by atoms with E-state index in [0.29, 0.717) is 22.2 Å². The third-order valence-corrected chi connectivity index (χ3v) is 9.59. The van der Waals surface area contributed by atoms with E-state index in [9.17, 15) is 9.59 Å². The molecular formula is C21H16Br2ClNO3. The van der Waals surface area contributed by atoms with E-state index in [0.717, 1.165) is 6.42 Å². The summed E-state index contributed by atoms with van der Waals surface area (Å²) < 4.78 is 5.79. The van der Waals surface area contributed by atoms with Crippen molar-refractivity contribution in [3.05, 3.63) is 53.6 Å². The van der Waals surface area contributed by atoms with Crippen molar-refractivity contribution in [1.82, 2.24) is 0 Å². The maximum absolute atomic E-state index is 13.1. The fourth-order valence-corrected chi connectivity index (χ4v) is 6.90. The average molecular weight is 526 g/mol. The lowest BCUT2D eigenvalue weighted by molar-refractivity contribution is -0.123. The summed E-state index contributed by atoms with van der Waals surface area (Å²) in [7, 11) is 0. The van der Waals surface area contributed by atoms with Gasteiger partial charge in [-0.25, -0.2) is 0 Å². The maximum atomic E-state index is 13.1. The van der Waals surface area contributed by atoms with E-state index < -0.39 is 0 Å². The number of imide groups is 1. The molecule has 4 nitrogen and oxygen atoms in total. The molecule has 28 heavy (non-hydrogen) atoms. The molecule has 0 spiro atoms. The molecule has 1 aliphatic heterocycles. The highest BCUT2D eigenvalue weighted by Crippen LogP contribution is 2.60. The number of amides is 2. The lowest BCUT2D eigenvalue weighted by atomic mass is 9.81. The molecule has 2 bridgehead atoms. The van der Waals surface area contributed by atoms with Gasteiger partial charge in [0.1, 0.15) is 11.5 Å². The van der Waals surface area contributed by atoms with Crippen LogP contribution >= 0.6 is 43.5 Å². The molecule has 6 atom stereocenters. The molecular weight excluding hydrogens is 509 g/mol. The molecule has 144 valence electrons. The summed E-state index contributed by atoms with van der Waals surface area (Å²) in [4.78, 5) is 28.0. The maximum Gasteiger partial charge on any atom is 0.238 e. The van der Waals surface area contributed by atoms with Gasteiger partial charge in [-0.1, -0.05) is 43.5 Å². The Morgan fingerprint density at radius 2 is 1.29 bits per heavy atom. The predicted molar refractivity (Wildman–Crippen MR) is 114 cm³/mol. The summed E-state index contributed by atoms with van der Waals surface area (Å²) in [6.45, 7) is 0. The number of halogens is 3. The number of anilines is 1. The van der Waals surface area contributed by atoms with Crippen molar-refractivity contribution in [3.8, 4) is 11.5 Å². The molecule has 7 heteroatoms. The third kappa shape index (κ3) is 2.76. The van der Waals surface area contributed by atoms with Gasteiger partial charge in [-0.15, -0.1) is 0 Å². The number of carbonyl (C=O) groups is 2. The van der Waals surface area contributed by atoms with Crippen molar-refractivity contribution in [2.75, 3.05) is 4.90 Å². The Balaban J connectivity index is 1.37. The zero-order chi connectivity index (χ0) is 19.6. The quantitative estimate of drug-likeness (QED) is 0.398. The number of ether oxygens (including phenoxy) is 1. The standard InChI is InChI=1S/C21H16Br2ClNO3/c22-18-14-9-15(19(18)23)17-16(14)20(26)25(21(17)27)11-3-7-13(8-4-11)28-12-5-1-10(24)2-6-12/h1-8,14-19H,9H2/t14-,15-,16-,17-,18+,19+/m1/s1. The predicted octanol–water partition coefficient (Wildman–Crippen LogP) is 5.41. The van der Waals surface area contributed by atoms with E-state index in [4.69, 9.17) is 16.3 Å². The second kappa shape index (κ2) is 6.85. The van der Waals surface area contributed by atoms with Gasteiger partial charge >= 0.3 is 0 Å². The summed E-state index contributed by atoms with van der Waals surface area (Å²) in [5, 5.41) is 0.643. The van der Waals surface area contributed by atoms with Crippen LogP contribution in [0.15, 0.2) is 48.5 Å². The Bertz CT molecular complexity index is 917. The molecule has 1 saturated heterocycles. The Hall–Kier alpha value is -1.37. The smallest absolute Gasteiger partial charge is 0.238 e. The molecule has 0 unspecified atom stereocenters. The number of hydrogen-bond donors (Lipinski definition) is 0. The van der Waals surface area contributed by atoms with Crippen LogP contribution in [0, 0.1) is 23.7 Å². The molecule has 0 aromatic heterocycles. The van der Waals surface area contributed by atoms with E-state index in [1.54, 1.807) is 48.5 Å². The van der Waals surface area contributed by atoms with Crippen LogP contribution in [-0.4, -0.2) is 21.5 Å². The number of carbonyl (C=O) groups excluding carboxylic acids is 2. The lowest BCUT2D eigenvalue weighted by Crippen LogP contribution is -2.37. The van der Waals surface area contributed by atoms with Crippen molar-refractivity contribution in [1.29, 1.82) is 0 Å².